The van der Waals surface area contributed by atoms with Gasteiger partial charge in [-0.05, 0) is 30.7 Å². The van der Waals surface area contributed by atoms with Gasteiger partial charge in [-0.1, -0.05) is 67.5 Å². The van der Waals surface area contributed by atoms with Crippen LogP contribution < -0.4 is 4.74 Å². The first-order chi connectivity index (χ1) is 11.7. The quantitative estimate of drug-likeness (QED) is 0.247. The number of aryl methyl sites for hydroxylation is 1. The molecule has 0 atom stereocenters. The summed E-state index contributed by atoms with van der Waals surface area (Å²) in [6.07, 6.45) is 3.97. The topological polar surface area (TPSA) is 26.3 Å². The Labute approximate surface area is 151 Å². The molecule has 0 aliphatic carbocycles. The van der Waals surface area contributed by atoms with Crippen molar-refractivity contribution >= 4 is 26.2 Å². The highest BCUT2D eigenvalue weighted by Crippen LogP contribution is 2.23. The van der Waals surface area contributed by atoms with Crippen molar-refractivity contribution in [3.8, 4) is 17.2 Å². The van der Waals surface area contributed by atoms with Crippen LogP contribution in [0, 0.1) is 18.4 Å². The van der Waals surface area contributed by atoms with Gasteiger partial charge in [-0.2, -0.15) is 0 Å². The maximum atomic E-state index is 11.4. The Bertz CT molecular complexity index is 844. The number of carbonyl (C=O) groups excluding carboxylic acids is 1. The first kappa shape index (κ1) is 18.8. The van der Waals surface area contributed by atoms with Crippen molar-refractivity contribution < 1.29 is 9.53 Å². The van der Waals surface area contributed by atoms with Gasteiger partial charge in [0.1, 0.15) is 13.8 Å². The zero-order valence-corrected chi connectivity index (χ0v) is 16.5. The SMILES string of the molecule is CC(=O)Oc1ccc(C#C[Si](C)(C)C)cc1C=Cc1ccc(C)cc1. The van der Waals surface area contributed by atoms with Crippen LogP contribution in [0.5, 0.6) is 5.75 Å². The van der Waals surface area contributed by atoms with Crippen LogP contribution in [-0.4, -0.2) is 14.0 Å². The monoisotopic (exact) mass is 348 g/mol. The minimum atomic E-state index is -1.44. The summed E-state index contributed by atoms with van der Waals surface area (Å²) in [5, 5.41) is 0. The lowest BCUT2D eigenvalue weighted by molar-refractivity contribution is -0.131. The number of ether oxygens (including phenoxy) is 1. The van der Waals surface area contributed by atoms with Crippen molar-refractivity contribution in [2.75, 3.05) is 0 Å². The molecule has 0 radical (unpaired) electrons. The average molecular weight is 349 g/mol. The largest absolute Gasteiger partial charge is 0.426 e. The van der Waals surface area contributed by atoms with E-state index in [2.05, 4.69) is 62.3 Å². The predicted octanol–water partition coefficient (Wildman–Crippen LogP) is 5.32. The fraction of sp³-hybridized carbons (Fsp3) is 0.227. The van der Waals surface area contributed by atoms with Gasteiger partial charge in [0, 0.05) is 18.1 Å². The molecular formula is C22H24O2Si. The molecule has 0 saturated carbocycles. The zero-order chi connectivity index (χ0) is 18.4. The number of benzene rings is 2. The third-order valence-corrected chi connectivity index (χ3v) is 4.25. The van der Waals surface area contributed by atoms with Crippen molar-refractivity contribution in [1.82, 2.24) is 0 Å². The van der Waals surface area contributed by atoms with Crippen molar-refractivity contribution in [2.24, 2.45) is 0 Å². The standard InChI is InChI=1S/C22H24O2Si/c1-17-6-8-19(9-7-17)10-12-21-16-20(14-15-25(3,4)5)11-13-22(21)24-18(2)23/h6-13,16H,1-5H3. The van der Waals surface area contributed by atoms with Crippen LogP contribution in [0.2, 0.25) is 19.6 Å². The zero-order valence-electron chi connectivity index (χ0n) is 15.5. The van der Waals surface area contributed by atoms with Crippen LogP contribution in [0.25, 0.3) is 12.2 Å². The van der Waals surface area contributed by atoms with E-state index in [0.29, 0.717) is 5.75 Å². The molecule has 0 unspecified atom stereocenters. The second-order valence-corrected chi connectivity index (χ2v) is 11.8. The molecule has 0 fully saturated rings. The Hall–Kier alpha value is -2.57. The third kappa shape index (κ3) is 6.44. The molecule has 0 aliphatic rings. The molecule has 2 rings (SSSR count). The summed E-state index contributed by atoms with van der Waals surface area (Å²) in [7, 11) is -1.44. The van der Waals surface area contributed by atoms with E-state index in [9.17, 15) is 4.79 Å². The van der Waals surface area contributed by atoms with E-state index in [4.69, 9.17) is 4.74 Å². The van der Waals surface area contributed by atoms with Crippen molar-refractivity contribution in [3.63, 3.8) is 0 Å². The molecule has 0 aromatic heterocycles. The molecule has 0 saturated heterocycles. The van der Waals surface area contributed by atoms with E-state index in [1.54, 1.807) is 0 Å². The Morgan fingerprint density at radius 2 is 1.72 bits per heavy atom. The highest BCUT2D eigenvalue weighted by atomic mass is 28.3. The van der Waals surface area contributed by atoms with Gasteiger partial charge >= 0.3 is 5.97 Å². The molecule has 0 amide bonds. The Morgan fingerprint density at radius 1 is 1.04 bits per heavy atom. The van der Waals surface area contributed by atoms with Crippen molar-refractivity contribution in [2.45, 2.75) is 33.5 Å². The molecule has 0 bridgehead atoms. The molecule has 2 nitrogen and oxygen atoms in total. The summed E-state index contributed by atoms with van der Waals surface area (Å²) >= 11 is 0. The number of hydrogen-bond donors (Lipinski definition) is 0. The van der Waals surface area contributed by atoms with Gasteiger partial charge in [0.25, 0.3) is 0 Å². The molecule has 25 heavy (non-hydrogen) atoms. The van der Waals surface area contributed by atoms with Crippen LogP contribution in [0.3, 0.4) is 0 Å². The maximum Gasteiger partial charge on any atom is 0.308 e. The minimum Gasteiger partial charge on any atom is -0.426 e. The lowest BCUT2D eigenvalue weighted by Crippen LogP contribution is -2.16. The molecule has 2 aromatic carbocycles. The molecule has 128 valence electrons. The van der Waals surface area contributed by atoms with Crippen molar-refractivity contribution in [3.05, 3.63) is 64.7 Å². The molecule has 0 aliphatic heterocycles. The van der Waals surface area contributed by atoms with Crippen LogP contribution >= 0.6 is 0 Å². The Kier molecular flexibility index (Phi) is 6.00. The van der Waals surface area contributed by atoms with E-state index in [1.165, 1.54) is 12.5 Å². The van der Waals surface area contributed by atoms with E-state index < -0.39 is 8.07 Å². The highest BCUT2D eigenvalue weighted by Gasteiger charge is 2.08. The summed E-state index contributed by atoms with van der Waals surface area (Å²) < 4.78 is 5.32. The Morgan fingerprint density at radius 3 is 2.32 bits per heavy atom. The second-order valence-electron chi connectivity index (χ2n) is 7.09. The molecule has 2 aromatic rings. The summed E-state index contributed by atoms with van der Waals surface area (Å²) in [5.41, 5.74) is 7.46. The van der Waals surface area contributed by atoms with Gasteiger partial charge < -0.3 is 4.74 Å². The van der Waals surface area contributed by atoms with Gasteiger partial charge in [0.2, 0.25) is 0 Å². The third-order valence-electron chi connectivity index (χ3n) is 3.38. The summed E-state index contributed by atoms with van der Waals surface area (Å²) in [6, 6.07) is 13.9. The first-order valence-corrected chi connectivity index (χ1v) is 11.8. The van der Waals surface area contributed by atoms with E-state index in [1.807, 2.05) is 30.4 Å². The van der Waals surface area contributed by atoms with Crippen LogP contribution in [0.4, 0.5) is 0 Å². The summed E-state index contributed by atoms with van der Waals surface area (Å²) in [6.45, 7) is 10.1. The van der Waals surface area contributed by atoms with Gasteiger partial charge in [0.05, 0.1) is 0 Å². The fourth-order valence-electron chi connectivity index (χ4n) is 2.13. The number of hydrogen-bond acceptors (Lipinski definition) is 2. The van der Waals surface area contributed by atoms with E-state index in [-0.39, 0.29) is 5.97 Å². The lowest BCUT2D eigenvalue weighted by Gasteiger charge is -2.07. The Balaban J connectivity index is 2.38. The van der Waals surface area contributed by atoms with Crippen LogP contribution in [0.1, 0.15) is 29.2 Å². The average Bonchev–Trinajstić information content (AvgIpc) is 2.53. The fourth-order valence-corrected chi connectivity index (χ4v) is 2.65. The molecule has 0 heterocycles. The minimum absolute atomic E-state index is 0.328. The summed E-state index contributed by atoms with van der Waals surface area (Å²) in [5.74, 6) is 3.47. The number of esters is 1. The first-order valence-electron chi connectivity index (χ1n) is 8.33. The van der Waals surface area contributed by atoms with Gasteiger partial charge in [0.15, 0.2) is 0 Å². The number of rotatable bonds is 3. The normalized spacial score (nSPS) is 11.1. The van der Waals surface area contributed by atoms with Crippen LogP contribution in [-0.2, 0) is 4.79 Å². The molecule has 0 N–H and O–H groups in total. The highest BCUT2D eigenvalue weighted by molar-refractivity contribution is 6.83. The van der Waals surface area contributed by atoms with Crippen molar-refractivity contribution in [1.29, 1.82) is 0 Å². The summed E-state index contributed by atoms with van der Waals surface area (Å²) in [4.78, 5) is 11.4. The lowest BCUT2D eigenvalue weighted by atomic mass is 10.1. The molecular weight excluding hydrogens is 324 g/mol. The van der Waals surface area contributed by atoms with Crippen LogP contribution in [0.15, 0.2) is 42.5 Å². The maximum absolute atomic E-state index is 11.4. The van der Waals surface area contributed by atoms with Gasteiger partial charge in [-0.25, -0.2) is 0 Å². The second kappa shape index (κ2) is 8.00. The van der Waals surface area contributed by atoms with Gasteiger partial charge in [-0.3, -0.25) is 4.79 Å². The van der Waals surface area contributed by atoms with E-state index in [0.717, 1.165) is 16.7 Å². The predicted molar refractivity (Wildman–Crippen MR) is 108 cm³/mol. The number of carbonyl (C=O) groups is 1. The molecule has 0 spiro atoms. The van der Waals surface area contributed by atoms with Gasteiger partial charge in [-0.15, -0.1) is 5.54 Å². The molecule has 3 heteroatoms. The van der Waals surface area contributed by atoms with E-state index >= 15 is 0 Å². The smallest absolute Gasteiger partial charge is 0.308 e.